The standard InChI is InChI=1S/C15H17BrN2O2/c1-2-20-15(19)18-12-3-5-13(14(18)6-4-12)10-7-11(16)9-17-8-10/h3,5,7-9,12-14H,2,4,6H2,1H3. The Hall–Kier alpha value is -1.36. The van der Waals surface area contributed by atoms with Crippen molar-refractivity contribution in [3.8, 4) is 0 Å². The number of rotatable bonds is 2. The predicted molar refractivity (Wildman–Crippen MR) is 79.5 cm³/mol. The molecule has 0 aromatic carbocycles. The number of ether oxygens (including phenoxy) is 1. The minimum Gasteiger partial charge on any atom is -0.450 e. The molecule has 3 rings (SSSR count). The SMILES string of the molecule is CCOC(=O)N1C2C=CC(c3cncc(Br)c3)C1CC2. The van der Waals surface area contributed by atoms with Gasteiger partial charge in [-0.1, -0.05) is 12.2 Å². The fourth-order valence-corrected chi connectivity index (χ4v) is 3.58. The average molecular weight is 337 g/mol. The molecule has 3 heterocycles. The number of aromatic nitrogens is 1. The van der Waals surface area contributed by atoms with E-state index in [9.17, 15) is 4.79 Å². The fraction of sp³-hybridized carbons (Fsp3) is 0.467. The van der Waals surface area contributed by atoms with Crippen LogP contribution in [-0.4, -0.2) is 34.7 Å². The lowest BCUT2D eigenvalue weighted by atomic mass is 9.90. The molecular weight excluding hydrogens is 320 g/mol. The van der Waals surface area contributed by atoms with Crippen LogP contribution in [0.25, 0.3) is 0 Å². The van der Waals surface area contributed by atoms with E-state index in [1.165, 1.54) is 0 Å². The summed E-state index contributed by atoms with van der Waals surface area (Å²) in [4.78, 5) is 18.3. The van der Waals surface area contributed by atoms with Gasteiger partial charge in [-0.05, 0) is 47.3 Å². The first-order valence-corrected chi connectivity index (χ1v) is 7.74. The predicted octanol–water partition coefficient (Wildman–Crippen LogP) is 3.49. The van der Waals surface area contributed by atoms with E-state index in [2.05, 4.69) is 39.1 Å². The number of amides is 1. The molecule has 1 aromatic rings. The maximum Gasteiger partial charge on any atom is 0.410 e. The van der Waals surface area contributed by atoms with E-state index >= 15 is 0 Å². The van der Waals surface area contributed by atoms with Crippen molar-refractivity contribution < 1.29 is 9.53 Å². The van der Waals surface area contributed by atoms with Gasteiger partial charge in [-0.15, -0.1) is 0 Å². The van der Waals surface area contributed by atoms with Gasteiger partial charge in [0.15, 0.2) is 0 Å². The molecule has 3 atom stereocenters. The second-order valence-electron chi connectivity index (χ2n) is 5.17. The van der Waals surface area contributed by atoms with Crippen LogP contribution in [0.5, 0.6) is 0 Å². The molecule has 1 amide bonds. The molecule has 0 radical (unpaired) electrons. The Kier molecular flexibility index (Phi) is 3.78. The molecule has 2 bridgehead atoms. The molecule has 2 aliphatic rings. The van der Waals surface area contributed by atoms with Crippen LogP contribution in [0, 0.1) is 0 Å². The van der Waals surface area contributed by atoms with Gasteiger partial charge in [0.05, 0.1) is 12.6 Å². The van der Waals surface area contributed by atoms with Crippen molar-refractivity contribution in [1.82, 2.24) is 9.88 Å². The van der Waals surface area contributed by atoms with Gasteiger partial charge in [0, 0.05) is 28.8 Å². The molecule has 5 heteroatoms. The Labute approximate surface area is 127 Å². The Morgan fingerprint density at radius 2 is 2.30 bits per heavy atom. The maximum absolute atomic E-state index is 12.1. The van der Waals surface area contributed by atoms with Crippen molar-refractivity contribution in [2.75, 3.05) is 6.61 Å². The number of nitrogens with zero attached hydrogens (tertiary/aromatic N) is 2. The van der Waals surface area contributed by atoms with Crippen molar-refractivity contribution in [3.63, 3.8) is 0 Å². The van der Waals surface area contributed by atoms with Gasteiger partial charge < -0.3 is 4.74 Å². The molecule has 1 saturated heterocycles. The summed E-state index contributed by atoms with van der Waals surface area (Å²) in [7, 11) is 0. The summed E-state index contributed by atoms with van der Waals surface area (Å²) in [5, 5.41) is 0. The van der Waals surface area contributed by atoms with Gasteiger partial charge in [0.2, 0.25) is 0 Å². The molecule has 106 valence electrons. The van der Waals surface area contributed by atoms with E-state index in [-0.39, 0.29) is 24.1 Å². The number of carbonyl (C=O) groups excluding carboxylic acids is 1. The number of hydrogen-bond acceptors (Lipinski definition) is 3. The first kappa shape index (κ1) is 13.6. The third kappa shape index (κ3) is 2.35. The zero-order valence-corrected chi connectivity index (χ0v) is 12.9. The zero-order valence-electron chi connectivity index (χ0n) is 11.3. The summed E-state index contributed by atoms with van der Waals surface area (Å²) in [6, 6.07) is 2.44. The number of carbonyl (C=O) groups is 1. The molecule has 1 aromatic heterocycles. The topological polar surface area (TPSA) is 42.4 Å². The van der Waals surface area contributed by atoms with Crippen molar-refractivity contribution >= 4 is 22.0 Å². The largest absolute Gasteiger partial charge is 0.450 e. The van der Waals surface area contributed by atoms with Crippen LogP contribution in [-0.2, 0) is 4.74 Å². The lowest BCUT2D eigenvalue weighted by Gasteiger charge is -2.35. The summed E-state index contributed by atoms with van der Waals surface area (Å²) in [5.41, 5.74) is 1.13. The molecule has 1 fully saturated rings. The first-order valence-electron chi connectivity index (χ1n) is 6.94. The highest BCUT2D eigenvalue weighted by atomic mass is 79.9. The van der Waals surface area contributed by atoms with Crippen LogP contribution in [0.1, 0.15) is 31.2 Å². The third-order valence-electron chi connectivity index (χ3n) is 4.02. The van der Waals surface area contributed by atoms with Crippen LogP contribution in [0.4, 0.5) is 4.79 Å². The van der Waals surface area contributed by atoms with E-state index in [0.717, 1.165) is 22.9 Å². The molecule has 4 nitrogen and oxygen atoms in total. The fourth-order valence-electron chi connectivity index (χ4n) is 3.20. The van der Waals surface area contributed by atoms with E-state index in [4.69, 9.17) is 4.74 Å². The molecule has 2 aliphatic heterocycles. The van der Waals surface area contributed by atoms with E-state index in [1.54, 1.807) is 6.20 Å². The number of pyridine rings is 1. The van der Waals surface area contributed by atoms with Gasteiger partial charge in [-0.2, -0.15) is 0 Å². The Morgan fingerprint density at radius 3 is 3.05 bits per heavy atom. The minimum atomic E-state index is -0.197. The second kappa shape index (κ2) is 5.56. The summed E-state index contributed by atoms with van der Waals surface area (Å²) in [6.45, 7) is 2.26. The van der Waals surface area contributed by atoms with Crippen LogP contribution in [0.15, 0.2) is 35.1 Å². The highest BCUT2D eigenvalue weighted by Crippen LogP contribution is 2.40. The Morgan fingerprint density at radius 1 is 1.45 bits per heavy atom. The molecule has 0 aliphatic carbocycles. The van der Waals surface area contributed by atoms with Crippen LogP contribution in [0.3, 0.4) is 0 Å². The average Bonchev–Trinajstić information content (AvgIpc) is 2.73. The quantitative estimate of drug-likeness (QED) is 0.776. The summed E-state index contributed by atoms with van der Waals surface area (Å²) >= 11 is 3.46. The smallest absolute Gasteiger partial charge is 0.410 e. The van der Waals surface area contributed by atoms with Gasteiger partial charge >= 0.3 is 6.09 Å². The molecular formula is C15H17BrN2O2. The number of halogens is 1. The van der Waals surface area contributed by atoms with Crippen molar-refractivity contribution in [2.45, 2.75) is 37.8 Å². The lowest BCUT2D eigenvalue weighted by molar-refractivity contribution is 0.0892. The summed E-state index contributed by atoms with van der Waals surface area (Å²) < 4.78 is 6.16. The van der Waals surface area contributed by atoms with Gasteiger partial charge in [-0.25, -0.2) is 4.79 Å². The third-order valence-corrected chi connectivity index (χ3v) is 4.45. The molecule has 20 heavy (non-hydrogen) atoms. The summed E-state index contributed by atoms with van der Waals surface area (Å²) in [5.74, 6) is 0.197. The maximum atomic E-state index is 12.1. The van der Waals surface area contributed by atoms with E-state index in [0.29, 0.717) is 6.61 Å². The van der Waals surface area contributed by atoms with E-state index in [1.807, 2.05) is 18.0 Å². The zero-order chi connectivity index (χ0) is 14.1. The van der Waals surface area contributed by atoms with Crippen molar-refractivity contribution in [3.05, 3.63) is 40.6 Å². The minimum absolute atomic E-state index is 0.181. The van der Waals surface area contributed by atoms with Crippen LogP contribution in [0.2, 0.25) is 0 Å². The number of hydrogen-bond donors (Lipinski definition) is 0. The van der Waals surface area contributed by atoms with Gasteiger partial charge in [-0.3, -0.25) is 9.88 Å². The Bertz CT molecular complexity index is 546. The lowest BCUT2D eigenvalue weighted by Crippen LogP contribution is -2.45. The highest BCUT2D eigenvalue weighted by molar-refractivity contribution is 9.10. The molecule has 3 unspecified atom stereocenters. The van der Waals surface area contributed by atoms with Crippen LogP contribution < -0.4 is 0 Å². The van der Waals surface area contributed by atoms with Crippen molar-refractivity contribution in [1.29, 1.82) is 0 Å². The monoisotopic (exact) mass is 336 g/mol. The van der Waals surface area contributed by atoms with Crippen molar-refractivity contribution in [2.24, 2.45) is 0 Å². The normalized spacial score (nSPS) is 27.7. The molecule has 0 spiro atoms. The van der Waals surface area contributed by atoms with Crippen LogP contribution >= 0.6 is 15.9 Å². The highest BCUT2D eigenvalue weighted by Gasteiger charge is 2.43. The molecule has 0 N–H and O–H groups in total. The van der Waals surface area contributed by atoms with Gasteiger partial charge in [0.25, 0.3) is 0 Å². The Balaban J connectivity index is 1.89. The number of fused-ring (bicyclic) bond motifs is 2. The van der Waals surface area contributed by atoms with Gasteiger partial charge in [0.1, 0.15) is 0 Å². The molecule has 0 saturated carbocycles. The second-order valence-corrected chi connectivity index (χ2v) is 6.08. The summed E-state index contributed by atoms with van der Waals surface area (Å²) in [6.07, 6.45) is 9.81. The first-order chi connectivity index (χ1) is 9.70. The van der Waals surface area contributed by atoms with E-state index < -0.39 is 0 Å².